The predicted molar refractivity (Wildman–Crippen MR) is 129 cm³/mol. The van der Waals surface area contributed by atoms with E-state index in [0.29, 0.717) is 6.04 Å². The molecule has 0 N–H and O–H groups in total. The molecule has 3 heteroatoms. The molecule has 3 aromatic rings. The lowest BCUT2D eigenvalue weighted by molar-refractivity contribution is 0.502. The summed E-state index contributed by atoms with van der Waals surface area (Å²) >= 11 is 0. The molecule has 1 aromatic carbocycles. The third kappa shape index (κ3) is 3.33. The highest BCUT2D eigenvalue weighted by molar-refractivity contribution is 5.97. The van der Waals surface area contributed by atoms with Gasteiger partial charge in [-0.25, -0.2) is 4.98 Å². The van der Waals surface area contributed by atoms with E-state index < -0.39 is 0 Å². The summed E-state index contributed by atoms with van der Waals surface area (Å²) < 4.78 is 2.45. The molecule has 0 bridgehead atoms. The Morgan fingerprint density at radius 3 is 2.17 bits per heavy atom. The lowest BCUT2D eigenvalue weighted by Crippen LogP contribution is -2.39. The van der Waals surface area contributed by atoms with Gasteiger partial charge in [0, 0.05) is 29.4 Å². The predicted octanol–water partition coefficient (Wildman–Crippen LogP) is 6.90. The average molecular weight is 404 g/mol. The molecule has 3 heterocycles. The second-order valence-corrected chi connectivity index (χ2v) is 9.30. The quantitative estimate of drug-likeness (QED) is 0.446. The molecule has 2 aromatic heterocycles. The lowest BCUT2D eigenvalue weighted by Gasteiger charge is -2.37. The summed E-state index contributed by atoms with van der Waals surface area (Å²) in [7, 11) is 0. The molecule has 4 rings (SSSR count). The van der Waals surface area contributed by atoms with Gasteiger partial charge in [-0.2, -0.15) is 0 Å². The topological polar surface area (TPSA) is 21.1 Å². The molecule has 0 saturated carbocycles. The molecule has 3 nitrogen and oxygen atoms in total. The molecule has 0 unspecified atom stereocenters. The highest BCUT2D eigenvalue weighted by atomic mass is 15.2. The summed E-state index contributed by atoms with van der Waals surface area (Å²) in [5.74, 6) is 0. The van der Waals surface area contributed by atoms with Crippen LogP contribution in [-0.4, -0.2) is 22.1 Å². The first-order chi connectivity index (χ1) is 14.4. The Labute approximate surface area is 182 Å². The number of benzene rings is 1. The molecule has 160 valence electrons. The van der Waals surface area contributed by atoms with Crippen molar-refractivity contribution in [1.82, 2.24) is 9.55 Å². The van der Waals surface area contributed by atoms with Crippen LogP contribution in [0.5, 0.6) is 0 Å². The van der Waals surface area contributed by atoms with Crippen LogP contribution >= 0.6 is 0 Å². The maximum atomic E-state index is 5.10. The van der Waals surface area contributed by atoms with Crippen LogP contribution in [0.1, 0.15) is 73.2 Å². The van der Waals surface area contributed by atoms with Crippen molar-refractivity contribution < 1.29 is 0 Å². The molecule has 0 atom stereocenters. The van der Waals surface area contributed by atoms with Crippen LogP contribution < -0.4 is 4.90 Å². The van der Waals surface area contributed by atoms with E-state index in [1.165, 1.54) is 70.4 Å². The molecule has 0 spiro atoms. The molecule has 0 aliphatic carbocycles. The summed E-state index contributed by atoms with van der Waals surface area (Å²) in [6.45, 7) is 16.8. The lowest BCUT2D eigenvalue weighted by atomic mass is 9.97. The molecule has 0 radical (unpaired) electrons. The van der Waals surface area contributed by atoms with E-state index in [1.54, 1.807) is 0 Å². The van der Waals surface area contributed by atoms with E-state index in [4.69, 9.17) is 4.98 Å². The summed E-state index contributed by atoms with van der Waals surface area (Å²) in [6, 6.07) is 7.56. The largest absolute Gasteiger partial charge is 0.368 e. The first-order valence-electron chi connectivity index (χ1n) is 11.7. The third-order valence-corrected chi connectivity index (χ3v) is 6.85. The zero-order chi connectivity index (χ0) is 21.6. The summed E-state index contributed by atoms with van der Waals surface area (Å²) in [6.07, 6.45) is 6.12. The second kappa shape index (κ2) is 8.09. The summed E-state index contributed by atoms with van der Waals surface area (Å²) in [4.78, 5) is 7.81. The zero-order valence-electron chi connectivity index (χ0n) is 19.9. The fraction of sp³-hybridized carbons (Fsp3) is 0.519. The van der Waals surface area contributed by atoms with E-state index in [9.17, 15) is 0 Å². The van der Waals surface area contributed by atoms with E-state index >= 15 is 0 Å². The van der Waals surface area contributed by atoms with E-state index in [0.717, 1.165) is 24.3 Å². The first-order valence-corrected chi connectivity index (χ1v) is 11.7. The van der Waals surface area contributed by atoms with Crippen molar-refractivity contribution in [3.8, 4) is 5.69 Å². The molecule has 1 aliphatic rings. The van der Waals surface area contributed by atoms with Crippen LogP contribution in [0.25, 0.3) is 16.7 Å². The zero-order valence-corrected chi connectivity index (χ0v) is 19.9. The maximum Gasteiger partial charge on any atom is 0.147 e. The minimum atomic E-state index is 0.629. The highest BCUT2D eigenvalue weighted by Gasteiger charge is 2.30. The van der Waals surface area contributed by atoms with Gasteiger partial charge in [0.25, 0.3) is 0 Å². The Morgan fingerprint density at radius 2 is 1.57 bits per heavy atom. The monoisotopic (exact) mass is 403 g/mol. The number of pyridine rings is 1. The number of aryl methyl sites for hydroxylation is 4. The van der Waals surface area contributed by atoms with Crippen molar-refractivity contribution in [3.63, 3.8) is 0 Å². The standard InChI is InChI=1S/C27H37N3/c1-8-10-22(11-9-2)29-13-12-23-21(7)30(26-18(4)14-17(3)15-19(26)5)27-25(23)24(29)16-20(6)28-27/h14-16,22H,8-13H2,1-7H3. The Bertz CT molecular complexity index is 1060. The van der Waals surface area contributed by atoms with Crippen molar-refractivity contribution in [1.29, 1.82) is 0 Å². The van der Waals surface area contributed by atoms with Crippen molar-refractivity contribution in [3.05, 3.63) is 51.8 Å². The van der Waals surface area contributed by atoms with Gasteiger partial charge in [0.2, 0.25) is 0 Å². The van der Waals surface area contributed by atoms with Crippen LogP contribution in [0.3, 0.4) is 0 Å². The fourth-order valence-electron chi connectivity index (χ4n) is 5.75. The molecule has 30 heavy (non-hydrogen) atoms. The van der Waals surface area contributed by atoms with Gasteiger partial charge in [-0.1, -0.05) is 44.4 Å². The first kappa shape index (κ1) is 21.0. The van der Waals surface area contributed by atoms with Crippen LogP contribution in [0.2, 0.25) is 0 Å². The van der Waals surface area contributed by atoms with Gasteiger partial charge in [-0.15, -0.1) is 0 Å². The number of rotatable bonds is 6. The van der Waals surface area contributed by atoms with Crippen molar-refractivity contribution in [2.24, 2.45) is 0 Å². The average Bonchev–Trinajstić information content (AvgIpc) is 2.94. The van der Waals surface area contributed by atoms with Crippen LogP contribution in [0.15, 0.2) is 18.2 Å². The molecule has 0 fully saturated rings. The Morgan fingerprint density at radius 1 is 0.933 bits per heavy atom. The molecule has 0 saturated heterocycles. The normalized spacial score (nSPS) is 13.7. The minimum absolute atomic E-state index is 0.629. The van der Waals surface area contributed by atoms with Crippen LogP contribution in [-0.2, 0) is 6.42 Å². The van der Waals surface area contributed by atoms with E-state index in [2.05, 4.69) is 76.1 Å². The summed E-state index contributed by atoms with van der Waals surface area (Å²) in [5.41, 5.74) is 11.8. The Kier molecular flexibility index (Phi) is 5.65. The molecule has 1 aliphatic heterocycles. The second-order valence-electron chi connectivity index (χ2n) is 9.30. The van der Waals surface area contributed by atoms with E-state index in [-0.39, 0.29) is 0 Å². The summed E-state index contributed by atoms with van der Waals surface area (Å²) in [5, 5.41) is 1.39. The van der Waals surface area contributed by atoms with E-state index in [1.807, 2.05) is 0 Å². The van der Waals surface area contributed by atoms with Crippen LogP contribution in [0.4, 0.5) is 5.69 Å². The number of nitrogens with zero attached hydrogens (tertiary/aromatic N) is 3. The number of hydrogen-bond donors (Lipinski definition) is 0. The van der Waals surface area contributed by atoms with Gasteiger partial charge in [0.1, 0.15) is 5.65 Å². The Balaban J connectivity index is 1.99. The van der Waals surface area contributed by atoms with Gasteiger partial charge >= 0.3 is 0 Å². The van der Waals surface area contributed by atoms with Gasteiger partial charge in [-0.3, -0.25) is 4.57 Å². The third-order valence-electron chi connectivity index (χ3n) is 6.85. The number of anilines is 1. The van der Waals surface area contributed by atoms with Crippen LogP contribution in [0, 0.1) is 34.6 Å². The molecular weight excluding hydrogens is 366 g/mol. The fourth-order valence-corrected chi connectivity index (χ4v) is 5.75. The van der Waals surface area contributed by atoms with Gasteiger partial charge < -0.3 is 4.90 Å². The smallest absolute Gasteiger partial charge is 0.147 e. The number of hydrogen-bond acceptors (Lipinski definition) is 2. The number of aromatic nitrogens is 2. The van der Waals surface area contributed by atoms with Gasteiger partial charge in [0.15, 0.2) is 0 Å². The maximum absolute atomic E-state index is 5.10. The molecular formula is C27H37N3. The minimum Gasteiger partial charge on any atom is -0.368 e. The van der Waals surface area contributed by atoms with Gasteiger partial charge in [0.05, 0.1) is 11.4 Å². The Hall–Kier alpha value is -2.29. The van der Waals surface area contributed by atoms with Crippen molar-refractivity contribution >= 4 is 16.7 Å². The highest BCUT2D eigenvalue weighted by Crippen LogP contribution is 2.41. The SMILES string of the molecule is CCCC(CCC)N1CCc2c(C)n(-c3c(C)cc(C)cc3C)c3nc(C)cc1c23. The van der Waals surface area contributed by atoms with Crippen molar-refractivity contribution in [2.45, 2.75) is 86.6 Å². The van der Waals surface area contributed by atoms with Gasteiger partial charge in [-0.05, 0) is 76.6 Å². The van der Waals surface area contributed by atoms with Crippen molar-refractivity contribution in [2.75, 3.05) is 11.4 Å². The molecule has 0 amide bonds.